The van der Waals surface area contributed by atoms with Crippen molar-refractivity contribution in [3.63, 3.8) is 0 Å². The molecular weight excluding hydrogens is 178 g/mol. The van der Waals surface area contributed by atoms with Crippen molar-refractivity contribution in [2.24, 2.45) is 0 Å². The predicted octanol–water partition coefficient (Wildman–Crippen LogP) is 1.24. The second-order valence-electron chi connectivity index (χ2n) is 2.86. The van der Waals surface area contributed by atoms with Crippen LogP contribution in [0.25, 0.3) is 0 Å². The summed E-state index contributed by atoms with van der Waals surface area (Å²) in [6, 6.07) is 5.47. The van der Waals surface area contributed by atoms with Crippen molar-refractivity contribution < 1.29 is 4.79 Å². The first-order valence-corrected chi connectivity index (χ1v) is 4.28. The van der Waals surface area contributed by atoms with E-state index >= 15 is 0 Å². The third-order valence-electron chi connectivity index (χ3n) is 1.86. The summed E-state index contributed by atoms with van der Waals surface area (Å²) in [5, 5.41) is 8.42. The molecule has 0 atom stereocenters. The molecule has 0 bridgehead atoms. The monoisotopic (exact) mass is 189 g/mol. The summed E-state index contributed by atoms with van der Waals surface area (Å²) in [5.41, 5.74) is 0.549. The van der Waals surface area contributed by atoms with Gasteiger partial charge in [0.1, 0.15) is 5.82 Å². The third-order valence-corrected chi connectivity index (χ3v) is 1.86. The van der Waals surface area contributed by atoms with E-state index in [1.165, 1.54) is 0 Å². The summed E-state index contributed by atoms with van der Waals surface area (Å²) in [6.07, 6.45) is 2.82. The summed E-state index contributed by atoms with van der Waals surface area (Å²) in [4.78, 5) is 16.6. The molecule has 0 fully saturated rings. The Kier molecular flexibility index (Phi) is 3.62. The van der Waals surface area contributed by atoms with Crippen LogP contribution in [0.2, 0.25) is 0 Å². The zero-order chi connectivity index (χ0) is 10.4. The molecule has 0 N–H and O–H groups in total. The minimum Gasteiger partial charge on any atom is -0.358 e. The number of aldehydes is 1. The number of hydrogen-bond donors (Lipinski definition) is 0. The molecule has 1 rings (SSSR count). The van der Waals surface area contributed by atoms with Crippen molar-refractivity contribution in [1.82, 2.24) is 4.98 Å². The molecule has 1 aromatic rings. The second kappa shape index (κ2) is 4.97. The van der Waals surface area contributed by atoms with Crippen molar-refractivity contribution in [2.75, 3.05) is 18.5 Å². The van der Waals surface area contributed by atoms with E-state index in [1.807, 2.05) is 13.1 Å². The van der Waals surface area contributed by atoms with Gasteiger partial charge in [-0.3, -0.25) is 4.79 Å². The van der Waals surface area contributed by atoms with E-state index in [4.69, 9.17) is 5.26 Å². The van der Waals surface area contributed by atoms with Gasteiger partial charge in [-0.05, 0) is 12.1 Å². The fraction of sp³-hybridized carbons (Fsp3) is 0.300. The molecule has 4 heteroatoms. The molecule has 0 aliphatic carbocycles. The molecule has 0 saturated carbocycles. The van der Waals surface area contributed by atoms with E-state index in [0.29, 0.717) is 24.3 Å². The van der Waals surface area contributed by atoms with Gasteiger partial charge < -0.3 is 4.90 Å². The summed E-state index contributed by atoms with van der Waals surface area (Å²) in [7, 11) is 1.81. The number of nitrogens with zero attached hydrogens (tertiary/aromatic N) is 3. The Labute approximate surface area is 82.8 Å². The van der Waals surface area contributed by atoms with Crippen molar-refractivity contribution in [1.29, 1.82) is 5.26 Å². The lowest BCUT2D eigenvalue weighted by atomic mass is 10.2. The Bertz CT molecular complexity index is 357. The Morgan fingerprint density at radius 3 is 3.14 bits per heavy atom. The number of nitriles is 1. The highest BCUT2D eigenvalue weighted by molar-refractivity contribution is 5.82. The minimum atomic E-state index is 0.422. The standard InChI is InChI=1S/C10H11N3O/c1-13(7-3-5-11)10-9(8-14)4-2-6-12-10/h2,4,6,8H,3,7H2,1H3. The first-order chi connectivity index (χ1) is 6.79. The molecule has 1 aromatic heterocycles. The first kappa shape index (κ1) is 10.2. The van der Waals surface area contributed by atoms with Gasteiger partial charge >= 0.3 is 0 Å². The number of pyridine rings is 1. The zero-order valence-corrected chi connectivity index (χ0v) is 7.97. The summed E-state index contributed by atoms with van der Waals surface area (Å²) in [5.74, 6) is 0.623. The van der Waals surface area contributed by atoms with Crippen LogP contribution in [0.15, 0.2) is 18.3 Å². The van der Waals surface area contributed by atoms with Crippen molar-refractivity contribution in [3.05, 3.63) is 23.9 Å². The van der Waals surface area contributed by atoms with Crippen molar-refractivity contribution >= 4 is 12.1 Å². The summed E-state index contributed by atoms with van der Waals surface area (Å²) in [6.45, 7) is 0.578. The van der Waals surface area contributed by atoms with Crippen LogP contribution in [0.3, 0.4) is 0 Å². The Hall–Kier alpha value is -1.89. The summed E-state index contributed by atoms with van der Waals surface area (Å²) < 4.78 is 0. The number of rotatable bonds is 4. The molecule has 0 aliphatic heterocycles. The van der Waals surface area contributed by atoms with Crippen LogP contribution >= 0.6 is 0 Å². The van der Waals surface area contributed by atoms with Crippen LogP contribution in [0, 0.1) is 11.3 Å². The molecule has 0 amide bonds. The summed E-state index contributed by atoms with van der Waals surface area (Å²) >= 11 is 0. The van der Waals surface area contributed by atoms with Gasteiger partial charge in [0, 0.05) is 19.8 Å². The highest BCUT2D eigenvalue weighted by Crippen LogP contribution is 2.13. The molecule has 0 spiro atoms. The molecule has 4 nitrogen and oxygen atoms in total. The Morgan fingerprint density at radius 2 is 2.50 bits per heavy atom. The topological polar surface area (TPSA) is 57.0 Å². The molecule has 0 saturated heterocycles. The lowest BCUT2D eigenvalue weighted by molar-refractivity contribution is 0.112. The molecule has 0 unspecified atom stereocenters. The lowest BCUT2D eigenvalue weighted by Crippen LogP contribution is -2.20. The average molecular weight is 189 g/mol. The minimum absolute atomic E-state index is 0.422. The number of aromatic nitrogens is 1. The predicted molar refractivity (Wildman–Crippen MR) is 53.1 cm³/mol. The maximum atomic E-state index is 10.7. The normalized spacial score (nSPS) is 9.14. The number of anilines is 1. The van der Waals surface area contributed by atoms with E-state index in [-0.39, 0.29) is 0 Å². The fourth-order valence-corrected chi connectivity index (χ4v) is 1.14. The molecular formula is C10H11N3O. The van der Waals surface area contributed by atoms with Gasteiger partial charge in [0.25, 0.3) is 0 Å². The van der Waals surface area contributed by atoms with E-state index in [0.717, 1.165) is 6.29 Å². The Morgan fingerprint density at radius 1 is 1.71 bits per heavy atom. The van der Waals surface area contributed by atoms with Crippen LogP contribution in [0.4, 0.5) is 5.82 Å². The van der Waals surface area contributed by atoms with Gasteiger partial charge in [-0.15, -0.1) is 0 Å². The smallest absolute Gasteiger partial charge is 0.153 e. The quantitative estimate of drug-likeness (QED) is 0.669. The molecule has 1 heterocycles. The third kappa shape index (κ3) is 2.30. The number of hydrogen-bond acceptors (Lipinski definition) is 4. The van der Waals surface area contributed by atoms with E-state index in [2.05, 4.69) is 4.98 Å². The number of carbonyl (C=O) groups is 1. The maximum absolute atomic E-state index is 10.7. The lowest BCUT2D eigenvalue weighted by Gasteiger charge is -2.17. The maximum Gasteiger partial charge on any atom is 0.153 e. The van der Waals surface area contributed by atoms with Gasteiger partial charge in [0.2, 0.25) is 0 Å². The zero-order valence-electron chi connectivity index (χ0n) is 7.97. The van der Waals surface area contributed by atoms with Crippen molar-refractivity contribution in [2.45, 2.75) is 6.42 Å². The van der Waals surface area contributed by atoms with Crippen LogP contribution < -0.4 is 4.90 Å². The number of carbonyl (C=O) groups excluding carboxylic acids is 1. The molecule has 0 aromatic carbocycles. The van der Waals surface area contributed by atoms with Crippen molar-refractivity contribution in [3.8, 4) is 6.07 Å². The molecule has 14 heavy (non-hydrogen) atoms. The highest BCUT2D eigenvalue weighted by Gasteiger charge is 2.06. The SMILES string of the molecule is CN(CCC#N)c1ncccc1C=O. The van der Waals surface area contributed by atoms with E-state index in [1.54, 1.807) is 23.2 Å². The van der Waals surface area contributed by atoms with Crippen LogP contribution in [-0.2, 0) is 0 Å². The fourth-order valence-electron chi connectivity index (χ4n) is 1.14. The van der Waals surface area contributed by atoms with Gasteiger partial charge in [-0.25, -0.2) is 4.98 Å². The molecule has 72 valence electrons. The van der Waals surface area contributed by atoms with Crippen LogP contribution in [-0.4, -0.2) is 24.9 Å². The van der Waals surface area contributed by atoms with Gasteiger partial charge in [0.15, 0.2) is 6.29 Å². The van der Waals surface area contributed by atoms with Gasteiger partial charge in [-0.1, -0.05) is 0 Å². The largest absolute Gasteiger partial charge is 0.358 e. The van der Waals surface area contributed by atoms with Crippen LogP contribution in [0.1, 0.15) is 16.8 Å². The van der Waals surface area contributed by atoms with Gasteiger partial charge in [-0.2, -0.15) is 5.26 Å². The second-order valence-corrected chi connectivity index (χ2v) is 2.86. The Balaban J connectivity index is 2.83. The van der Waals surface area contributed by atoms with E-state index < -0.39 is 0 Å². The van der Waals surface area contributed by atoms with Gasteiger partial charge in [0.05, 0.1) is 18.1 Å². The molecule has 0 aliphatic rings. The van der Waals surface area contributed by atoms with E-state index in [9.17, 15) is 4.79 Å². The molecule has 0 radical (unpaired) electrons. The highest BCUT2D eigenvalue weighted by atomic mass is 16.1. The average Bonchev–Trinajstić information content (AvgIpc) is 2.25. The van der Waals surface area contributed by atoms with Crippen LogP contribution in [0.5, 0.6) is 0 Å². The first-order valence-electron chi connectivity index (χ1n) is 4.28.